The van der Waals surface area contributed by atoms with Gasteiger partial charge in [-0.1, -0.05) is 16.0 Å². The number of thiol groups is 1. The molecule has 62 valence electrons. The molecular weight excluding hydrogens is 158 g/mol. The Hall–Kier alpha value is -0.830. The Balaban J connectivity index is 3.17. The molecule has 0 atom stereocenters. The van der Waals surface area contributed by atoms with Crippen molar-refractivity contribution in [3.05, 3.63) is 24.3 Å². The van der Waals surface area contributed by atoms with Crippen molar-refractivity contribution >= 4 is 15.6 Å². The first-order valence-corrected chi connectivity index (χ1v) is 6.01. The van der Waals surface area contributed by atoms with Gasteiger partial charge >= 0.3 is 0 Å². The van der Waals surface area contributed by atoms with Crippen molar-refractivity contribution < 1.29 is 4.21 Å². The van der Waals surface area contributed by atoms with Crippen LogP contribution in [0.4, 0.5) is 5.69 Å². The van der Waals surface area contributed by atoms with Gasteiger partial charge in [0.1, 0.15) is 0 Å². The second-order valence-electron chi connectivity index (χ2n) is 2.95. The molecule has 0 saturated carbocycles. The van der Waals surface area contributed by atoms with Gasteiger partial charge in [-0.25, -0.2) is 0 Å². The van der Waals surface area contributed by atoms with Gasteiger partial charge in [-0.05, 0) is 30.7 Å². The molecule has 0 fully saturated rings. The second kappa shape index (κ2) is 2.66. The largest absolute Gasteiger partial charge is 0.399 e. The van der Waals surface area contributed by atoms with Crippen LogP contribution in [0.5, 0.6) is 0 Å². The molecule has 11 heavy (non-hydrogen) atoms. The summed E-state index contributed by atoms with van der Waals surface area (Å²) in [6.45, 7) is 0. The van der Waals surface area contributed by atoms with Gasteiger partial charge in [0.25, 0.3) is 0 Å². The molecule has 0 aliphatic rings. The van der Waals surface area contributed by atoms with E-state index in [1.807, 2.05) is 12.1 Å². The van der Waals surface area contributed by atoms with Crippen LogP contribution in [-0.2, 0) is 9.93 Å². The van der Waals surface area contributed by atoms with E-state index in [0.717, 1.165) is 4.90 Å². The Kier molecular flexibility index (Phi) is 2.00. The van der Waals surface area contributed by atoms with E-state index in [9.17, 15) is 4.21 Å². The Morgan fingerprint density at radius 1 is 1.36 bits per heavy atom. The van der Waals surface area contributed by atoms with E-state index in [4.69, 9.17) is 5.73 Å². The summed E-state index contributed by atoms with van der Waals surface area (Å²) in [5.41, 5.74) is 6.21. The van der Waals surface area contributed by atoms with E-state index >= 15 is 0 Å². The third-order valence-electron chi connectivity index (χ3n) is 1.49. The molecule has 1 aromatic carbocycles. The fraction of sp³-hybridized carbons (Fsp3) is 0.250. The number of anilines is 1. The minimum absolute atomic E-state index is 0.673. The van der Waals surface area contributed by atoms with Crippen molar-refractivity contribution in [2.75, 3.05) is 18.2 Å². The van der Waals surface area contributed by atoms with Gasteiger partial charge in [0.2, 0.25) is 0 Å². The summed E-state index contributed by atoms with van der Waals surface area (Å²) < 4.78 is 11.5. The van der Waals surface area contributed by atoms with Crippen LogP contribution in [0.2, 0.25) is 0 Å². The molecule has 0 aliphatic carbocycles. The quantitative estimate of drug-likeness (QED) is 0.487. The third kappa shape index (κ3) is 2.05. The maximum absolute atomic E-state index is 11.5. The number of nitrogens with two attached hydrogens (primary N) is 1. The molecular formula is C8H13NOS. The van der Waals surface area contributed by atoms with Crippen molar-refractivity contribution in [1.82, 2.24) is 0 Å². The lowest BCUT2D eigenvalue weighted by atomic mass is 10.3. The van der Waals surface area contributed by atoms with Crippen molar-refractivity contribution in [3.8, 4) is 0 Å². The van der Waals surface area contributed by atoms with E-state index < -0.39 is 9.93 Å². The normalized spacial score (nSPS) is 12.9. The van der Waals surface area contributed by atoms with Crippen LogP contribution in [-0.4, -0.2) is 16.7 Å². The van der Waals surface area contributed by atoms with Crippen LogP contribution in [0.3, 0.4) is 0 Å². The summed E-state index contributed by atoms with van der Waals surface area (Å²) in [5.74, 6) is 0. The number of nitrogen functional groups attached to an aromatic ring is 1. The summed E-state index contributed by atoms with van der Waals surface area (Å²) in [4.78, 5) is 0.845. The zero-order valence-corrected chi connectivity index (χ0v) is 7.64. The lowest BCUT2D eigenvalue weighted by Gasteiger charge is -2.11. The van der Waals surface area contributed by atoms with Crippen molar-refractivity contribution in [2.24, 2.45) is 0 Å². The first kappa shape index (κ1) is 8.27. The predicted octanol–water partition coefficient (Wildman–Crippen LogP) is 0.904. The molecule has 0 aromatic heterocycles. The first-order valence-electron chi connectivity index (χ1n) is 3.41. The van der Waals surface area contributed by atoms with E-state index in [-0.39, 0.29) is 0 Å². The van der Waals surface area contributed by atoms with Crippen molar-refractivity contribution in [3.63, 3.8) is 0 Å². The molecule has 0 spiro atoms. The molecule has 1 aromatic rings. The van der Waals surface area contributed by atoms with Crippen molar-refractivity contribution in [1.29, 1.82) is 0 Å². The highest BCUT2D eigenvalue weighted by Gasteiger charge is 2.03. The van der Waals surface area contributed by atoms with E-state index in [1.165, 1.54) is 0 Å². The molecule has 1 rings (SSSR count). The number of rotatable bonds is 1. The zero-order valence-electron chi connectivity index (χ0n) is 6.74. The number of hydrogen-bond acceptors (Lipinski definition) is 2. The zero-order chi connectivity index (χ0) is 8.48. The molecule has 0 heterocycles. The Labute approximate surface area is 67.8 Å². The van der Waals surface area contributed by atoms with Gasteiger partial charge in [-0.15, -0.1) is 0 Å². The van der Waals surface area contributed by atoms with Crippen LogP contribution >= 0.6 is 0 Å². The Morgan fingerprint density at radius 3 is 2.36 bits per heavy atom. The minimum atomic E-state index is -2.13. The van der Waals surface area contributed by atoms with Gasteiger partial charge in [-0.2, -0.15) is 0 Å². The van der Waals surface area contributed by atoms with Gasteiger partial charge < -0.3 is 5.73 Å². The SMILES string of the molecule is C[SH](C)(=O)c1cccc(N)c1. The maximum atomic E-state index is 11.5. The maximum Gasteiger partial charge on any atom is 0.0325 e. The predicted molar refractivity (Wildman–Crippen MR) is 50.5 cm³/mol. The monoisotopic (exact) mass is 171 g/mol. The van der Waals surface area contributed by atoms with Gasteiger partial charge in [0.05, 0.1) is 0 Å². The molecule has 0 bridgehead atoms. The molecule has 0 unspecified atom stereocenters. The lowest BCUT2D eigenvalue weighted by Crippen LogP contribution is -2.06. The van der Waals surface area contributed by atoms with Crippen LogP contribution in [0.1, 0.15) is 0 Å². The second-order valence-corrected chi connectivity index (χ2v) is 6.16. The van der Waals surface area contributed by atoms with Gasteiger partial charge in [0.15, 0.2) is 0 Å². The molecule has 2 N–H and O–H groups in total. The van der Waals surface area contributed by atoms with E-state index in [1.54, 1.807) is 24.6 Å². The summed E-state index contributed by atoms with van der Waals surface area (Å²) in [5, 5.41) is 0. The van der Waals surface area contributed by atoms with Crippen LogP contribution in [0.15, 0.2) is 29.2 Å². The highest BCUT2D eigenvalue weighted by atomic mass is 32.2. The molecule has 0 saturated heterocycles. The van der Waals surface area contributed by atoms with Gasteiger partial charge in [0, 0.05) is 10.6 Å². The van der Waals surface area contributed by atoms with Crippen LogP contribution < -0.4 is 5.73 Å². The van der Waals surface area contributed by atoms with Crippen LogP contribution in [0.25, 0.3) is 0 Å². The highest BCUT2D eigenvalue weighted by molar-refractivity contribution is 8.01. The molecule has 2 nitrogen and oxygen atoms in total. The average molecular weight is 171 g/mol. The summed E-state index contributed by atoms with van der Waals surface area (Å²) in [6.07, 6.45) is 3.48. The highest BCUT2D eigenvalue weighted by Crippen LogP contribution is 2.15. The smallest absolute Gasteiger partial charge is 0.0325 e. The third-order valence-corrected chi connectivity index (χ3v) is 3.01. The molecule has 0 amide bonds. The van der Waals surface area contributed by atoms with Crippen molar-refractivity contribution in [2.45, 2.75) is 4.90 Å². The lowest BCUT2D eigenvalue weighted by molar-refractivity contribution is 0.678. The molecule has 0 aliphatic heterocycles. The molecule has 0 radical (unpaired) electrons. The van der Waals surface area contributed by atoms with Gasteiger partial charge in [-0.3, -0.25) is 4.21 Å². The van der Waals surface area contributed by atoms with E-state index in [2.05, 4.69) is 0 Å². The Morgan fingerprint density at radius 2 is 2.00 bits per heavy atom. The van der Waals surface area contributed by atoms with E-state index in [0.29, 0.717) is 5.69 Å². The first-order chi connectivity index (χ1) is 5.00. The Bertz CT molecular complexity index is 303. The minimum Gasteiger partial charge on any atom is -0.399 e. The summed E-state index contributed by atoms with van der Waals surface area (Å²) in [7, 11) is -2.13. The fourth-order valence-corrected chi connectivity index (χ4v) is 1.76. The fourth-order valence-electron chi connectivity index (χ4n) is 0.860. The topological polar surface area (TPSA) is 43.1 Å². The van der Waals surface area contributed by atoms with Crippen LogP contribution in [0, 0.1) is 0 Å². The summed E-state index contributed by atoms with van der Waals surface area (Å²) >= 11 is 0. The molecule has 3 heteroatoms. The standard InChI is InChI=1S/C8H13NOS/c1-11(2,10)8-5-3-4-7(9)6-8/h3-6,11H,9H2,1-2H3. The summed E-state index contributed by atoms with van der Waals surface area (Å²) in [6, 6.07) is 7.22. The average Bonchev–Trinajstić information content (AvgIpc) is 1.86. The number of benzene rings is 1. The number of hydrogen-bond donors (Lipinski definition) is 2.